The monoisotopic (exact) mass is 195 g/mol. The molecule has 1 aromatic rings. The molecule has 68 valence electrons. The number of hydrogen-bond donors (Lipinski definition) is 1. The fourth-order valence-electron chi connectivity index (χ4n) is 0.981. The van der Waals surface area contributed by atoms with E-state index in [1.165, 1.54) is 0 Å². The Kier molecular flexibility index (Phi) is 2.69. The van der Waals surface area contributed by atoms with Crippen molar-refractivity contribution in [3.63, 3.8) is 0 Å². The van der Waals surface area contributed by atoms with E-state index < -0.39 is 5.78 Å². The summed E-state index contributed by atoms with van der Waals surface area (Å²) < 4.78 is 0. The second-order valence-electron chi connectivity index (χ2n) is 2.89. The van der Waals surface area contributed by atoms with Gasteiger partial charge in [0.2, 0.25) is 5.78 Å². The highest BCUT2D eigenvalue weighted by Gasteiger charge is 2.16. The van der Waals surface area contributed by atoms with Crippen molar-refractivity contribution in [3.8, 4) is 12.3 Å². The minimum Gasteiger partial charge on any atom is -0.316 e. The van der Waals surface area contributed by atoms with Gasteiger partial charge in [-0.3, -0.25) is 9.59 Å². The lowest BCUT2D eigenvalue weighted by Gasteiger charge is -2.01. The summed E-state index contributed by atoms with van der Waals surface area (Å²) in [5, 5.41) is 0. The molecule has 0 aliphatic heterocycles. The molecular weight excluding hydrogens is 186 g/mol. The summed E-state index contributed by atoms with van der Waals surface area (Å²) in [6, 6.07) is 0. The van der Waals surface area contributed by atoms with Crippen LogP contribution in [0, 0.1) is 12.3 Å². The van der Waals surface area contributed by atoms with E-state index in [-0.39, 0.29) is 10.8 Å². The number of ketones is 1. The Morgan fingerprint density at radius 2 is 2.23 bits per heavy atom. The van der Waals surface area contributed by atoms with Crippen LogP contribution in [0.15, 0.2) is 4.79 Å². The predicted octanol–water partition coefficient (Wildman–Crippen LogP) is 1.38. The van der Waals surface area contributed by atoms with E-state index in [1.54, 1.807) is 0 Å². The first-order valence-electron chi connectivity index (χ1n) is 3.80. The largest absolute Gasteiger partial charge is 0.316 e. The zero-order valence-electron chi connectivity index (χ0n) is 7.38. The smallest absolute Gasteiger partial charge is 0.305 e. The zero-order valence-corrected chi connectivity index (χ0v) is 8.20. The molecule has 4 heteroatoms. The first kappa shape index (κ1) is 9.75. The van der Waals surface area contributed by atoms with Crippen molar-refractivity contribution >= 4 is 17.1 Å². The lowest BCUT2D eigenvalue weighted by Crippen LogP contribution is -2.00. The first-order valence-corrected chi connectivity index (χ1v) is 4.62. The molecule has 0 atom stereocenters. The molecule has 1 N–H and O–H groups in total. The predicted molar refractivity (Wildman–Crippen MR) is 52.2 cm³/mol. The number of aromatic nitrogens is 1. The van der Waals surface area contributed by atoms with Crippen molar-refractivity contribution in [2.45, 2.75) is 19.8 Å². The number of terminal acetylenes is 1. The van der Waals surface area contributed by atoms with Crippen LogP contribution >= 0.6 is 11.3 Å². The molecule has 13 heavy (non-hydrogen) atoms. The van der Waals surface area contributed by atoms with Gasteiger partial charge < -0.3 is 4.98 Å². The van der Waals surface area contributed by atoms with Crippen molar-refractivity contribution in [1.82, 2.24) is 4.98 Å². The highest BCUT2D eigenvalue weighted by molar-refractivity contribution is 7.11. The third-order valence-corrected chi connectivity index (χ3v) is 2.49. The lowest BCUT2D eigenvalue weighted by atomic mass is 10.1. The topological polar surface area (TPSA) is 49.9 Å². The van der Waals surface area contributed by atoms with Crippen LogP contribution in [-0.4, -0.2) is 10.8 Å². The quantitative estimate of drug-likeness (QED) is 0.440. The molecular formula is C9H9NO2S. The lowest BCUT2D eigenvalue weighted by molar-refractivity contribution is 0.105. The van der Waals surface area contributed by atoms with E-state index in [0.717, 1.165) is 11.3 Å². The SMILES string of the molecule is C#CC(=O)c1sc(=O)[nH]c1C(C)C. The van der Waals surface area contributed by atoms with Gasteiger partial charge in [-0.05, 0) is 11.8 Å². The number of hydrogen-bond acceptors (Lipinski definition) is 3. The van der Waals surface area contributed by atoms with E-state index in [2.05, 4.69) is 4.98 Å². The molecule has 0 saturated heterocycles. The minimum atomic E-state index is -0.424. The number of thiazole rings is 1. The molecule has 0 fully saturated rings. The van der Waals surface area contributed by atoms with Crippen LogP contribution in [0.25, 0.3) is 0 Å². The normalized spacial score (nSPS) is 10.0. The average Bonchev–Trinajstić information content (AvgIpc) is 2.46. The summed E-state index contributed by atoms with van der Waals surface area (Å²) >= 11 is 0.872. The summed E-state index contributed by atoms with van der Waals surface area (Å²) in [7, 11) is 0. The Balaban J connectivity index is 3.29. The van der Waals surface area contributed by atoms with Crippen LogP contribution in [0.1, 0.15) is 35.1 Å². The fourth-order valence-corrected chi connectivity index (χ4v) is 1.88. The van der Waals surface area contributed by atoms with Gasteiger partial charge in [0, 0.05) is 5.69 Å². The number of nitrogens with one attached hydrogen (secondary N) is 1. The maximum Gasteiger partial charge on any atom is 0.305 e. The number of aromatic amines is 1. The molecule has 0 saturated carbocycles. The summed E-state index contributed by atoms with van der Waals surface area (Å²) in [6.07, 6.45) is 4.97. The second kappa shape index (κ2) is 3.58. The summed E-state index contributed by atoms with van der Waals surface area (Å²) in [4.78, 5) is 24.9. The Morgan fingerprint density at radius 3 is 2.69 bits per heavy atom. The van der Waals surface area contributed by atoms with E-state index >= 15 is 0 Å². The molecule has 3 nitrogen and oxygen atoms in total. The van der Waals surface area contributed by atoms with Gasteiger partial charge in [-0.1, -0.05) is 25.2 Å². The molecule has 0 spiro atoms. The number of carbonyl (C=O) groups is 1. The van der Waals surface area contributed by atoms with Crippen LogP contribution in [0.3, 0.4) is 0 Å². The molecule has 0 aliphatic rings. The van der Waals surface area contributed by atoms with Crippen molar-refractivity contribution in [3.05, 3.63) is 20.2 Å². The van der Waals surface area contributed by atoms with Gasteiger partial charge in [0.05, 0.1) is 0 Å². The molecule has 0 unspecified atom stereocenters. The van der Waals surface area contributed by atoms with Gasteiger partial charge in [0.25, 0.3) is 0 Å². The zero-order chi connectivity index (χ0) is 10.0. The van der Waals surface area contributed by atoms with Crippen LogP contribution in [-0.2, 0) is 0 Å². The molecule has 1 aromatic heterocycles. The maximum atomic E-state index is 11.2. The maximum absolute atomic E-state index is 11.2. The Hall–Kier alpha value is -1.34. The van der Waals surface area contributed by atoms with E-state index in [0.29, 0.717) is 10.6 Å². The Labute approximate surface area is 79.8 Å². The van der Waals surface area contributed by atoms with E-state index in [9.17, 15) is 9.59 Å². The molecule has 1 heterocycles. The van der Waals surface area contributed by atoms with Crippen LogP contribution in [0.5, 0.6) is 0 Å². The van der Waals surface area contributed by atoms with Crippen LogP contribution in [0.4, 0.5) is 0 Å². The van der Waals surface area contributed by atoms with Gasteiger partial charge in [-0.25, -0.2) is 0 Å². The van der Waals surface area contributed by atoms with E-state index in [1.807, 2.05) is 19.8 Å². The van der Waals surface area contributed by atoms with Crippen LogP contribution in [0.2, 0.25) is 0 Å². The van der Waals surface area contributed by atoms with Crippen molar-refractivity contribution < 1.29 is 4.79 Å². The van der Waals surface area contributed by atoms with Gasteiger partial charge >= 0.3 is 4.87 Å². The van der Waals surface area contributed by atoms with Gasteiger partial charge in [0.15, 0.2) is 0 Å². The summed E-state index contributed by atoms with van der Waals surface area (Å²) in [5.41, 5.74) is 0.637. The highest BCUT2D eigenvalue weighted by Crippen LogP contribution is 2.18. The summed E-state index contributed by atoms with van der Waals surface area (Å²) in [6.45, 7) is 3.79. The minimum absolute atomic E-state index is 0.103. The Morgan fingerprint density at radius 1 is 1.62 bits per heavy atom. The van der Waals surface area contributed by atoms with Gasteiger partial charge in [-0.2, -0.15) is 0 Å². The highest BCUT2D eigenvalue weighted by atomic mass is 32.1. The number of carbonyl (C=O) groups excluding carboxylic acids is 1. The molecule has 1 rings (SSSR count). The van der Waals surface area contributed by atoms with Crippen molar-refractivity contribution in [2.75, 3.05) is 0 Å². The van der Waals surface area contributed by atoms with Crippen LogP contribution < -0.4 is 4.87 Å². The van der Waals surface area contributed by atoms with Crippen molar-refractivity contribution in [2.24, 2.45) is 0 Å². The molecule has 0 aromatic carbocycles. The fraction of sp³-hybridized carbons (Fsp3) is 0.333. The molecule has 0 radical (unpaired) electrons. The third kappa shape index (κ3) is 1.87. The molecule has 0 bridgehead atoms. The van der Waals surface area contributed by atoms with Crippen molar-refractivity contribution in [1.29, 1.82) is 0 Å². The number of H-pyrrole nitrogens is 1. The third-order valence-electron chi connectivity index (χ3n) is 1.59. The summed E-state index contributed by atoms with van der Waals surface area (Å²) in [5.74, 6) is 1.68. The number of Topliss-reactive ketones (excluding diaryl/α,β-unsaturated/α-hetero) is 1. The Bertz CT molecular complexity index is 420. The van der Waals surface area contributed by atoms with Gasteiger partial charge in [-0.15, -0.1) is 6.42 Å². The molecule has 0 amide bonds. The van der Waals surface area contributed by atoms with Gasteiger partial charge in [0.1, 0.15) is 4.88 Å². The standard InChI is InChI=1S/C9H9NO2S/c1-4-6(11)8-7(5(2)3)10-9(12)13-8/h1,5H,2-3H3,(H,10,12). The molecule has 0 aliphatic carbocycles. The number of rotatable bonds is 2. The second-order valence-corrected chi connectivity index (χ2v) is 3.87. The van der Waals surface area contributed by atoms with E-state index in [4.69, 9.17) is 6.42 Å². The first-order chi connectivity index (χ1) is 6.06. The average molecular weight is 195 g/mol.